The first kappa shape index (κ1) is 17.1. The molecular weight excluding hydrogens is 316 g/mol. The first-order chi connectivity index (χ1) is 11.8. The lowest BCUT2D eigenvalue weighted by Crippen LogP contribution is -2.57. The predicted octanol–water partition coefficient (Wildman–Crippen LogP) is 4.25. The van der Waals surface area contributed by atoms with Crippen LogP contribution in [0.25, 0.3) is 21.5 Å². The molecule has 0 heterocycles. The van der Waals surface area contributed by atoms with Gasteiger partial charge in [-0.3, -0.25) is 0 Å². The second-order valence-corrected chi connectivity index (χ2v) is 8.06. The van der Waals surface area contributed by atoms with Gasteiger partial charge in [-0.2, -0.15) is 0 Å². The molecule has 0 aromatic heterocycles. The molecule has 0 N–H and O–H groups in total. The van der Waals surface area contributed by atoms with Crippen molar-refractivity contribution in [2.24, 2.45) is 0 Å². The van der Waals surface area contributed by atoms with E-state index in [0.29, 0.717) is 19.8 Å². The molecule has 3 aromatic carbocycles. The molecule has 0 saturated heterocycles. The van der Waals surface area contributed by atoms with Gasteiger partial charge in [0.2, 0.25) is 0 Å². The van der Waals surface area contributed by atoms with Gasteiger partial charge in [-0.05, 0) is 42.3 Å². The van der Waals surface area contributed by atoms with Crippen LogP contribution < -0.4 is 5.19 Å². The third-order valence-electron chi connectivity index (χ3n) is 4.12. The van der Waals surface area contributed by atoms with Crippen LogP contribution in [0.2, 0.25) is 0 Å². The molecule has 0 atom stereocenters. The van der Waals surface area contributed by atoms with Crippen molar-refractivity contribution in [1.29, 1.82) is 0 Å². The van der Waals surface area contributed by atoms with Gasteiger partial charge in [-0.25, -0.2) is 0 Å². The minimum atomic E-state index is -2.92. The molecule has 126 valence electrons. The van der Waals surface area contributed by atoms with Crippen LogP contribution in [0.5, 0.6) is 0 Å². The van der Waals surface area contributed by atoms with Crippen molar-refractivity contribution in [3.63, 3.8) is 0 Å². The van der Waals surface area contributed by atoms with E-state index < -0.39 is 8.80 Å². The molecule has 3 aromatic rings. The maximum atomic E-state index is 6.11. The molecule has 0 unspecified atom stereocenters. The van der Waals surface area contributed by atoms with Gasteiger partial charge in [-0.1, -0.05) is 54.6 Å². The van der Waals surface area contributed by atoms with Crippen molar-refractivity contribution >= 4 is 35.5 Å². The smallest absolute Gasteiger partial charge is 0.370 e. The molecule has 0 aliphatic carbocycles. The molecule has 0 amide bonds. The van der Waals surface area contributed by atoms with Crippen LogP contribution in [-0.2, 0) is 13.3 Å². The molecule has 0 bridgehead atoms. The van der Waals surface area contributed by atoms with Crippen molar-refractivity contribution in [2.75, 3.05) is 19.8 Å². The molecular formula is C20H24O3Si. The first-order valence-corrected chi connectivity index (χ1v) is 10.3. The van der Waals surface area contributed by atoms with E-state index in [9.17, 15) is 0 Å². The fraction of sp³-hybridized carbons (Fsp3) is 0.300. The zero-order valence-corrected chi connectivity index (χ0v) is 15.5. The minimum absolute atomic E-state index is 0.566. The average molecular weight is 340 g/mol. The maximum absolute atomic E-state index is 6.11. The molecule has 0 aliphatic heterocycles. The number of benzene rings is 3. The van der Waals surface area contributed by atoms with Crippen molar-refractivity contribution in [2.45, 2.75) is 20.8 Å². The third-order valence-corrected chi connectivity index (χ3v) is 7.22. The fourth-order valence-corrected chi connectivity index (χ4v) is 5.94. The molecule has 24 heavy (non-hydrogen) atoms. The summed E-state index contributed by atoms with van der Waals surface area (Å²) in [7, 11) is -2.92. The average Bonchev–Trinajstić information content (AvgIpc) is 2.61. The number of rotatable bonds is 7. The van der Waals surface area contributed by atoms with Crippen LogP contribution >= 0.6 is 0 Å². The topological polar surface area (TPSA) is 27.7 Å². The highest BCUT2D eigenvalue weighted by Crippen LogP contribution is 2.26. The Bertz CT molecular complexity index is 814. The zero-order chi connectivity index (χ0) is 17.0. The summed E-state index contributed by atoms with van der Waals surface area (Å²) < 4.78 is 18.3. The van der Waals surface area contributed by atoms with Gasteiger partial charge in [0, 0.05) is 25.0 Å². The van der Waals surface area contributed by atoms with Gasteiger partial charge in [0.25, 0.3) is 0 Å². The highest BCUT2D eigenvalue weighted by Gasteiger charge is 2.44. The Morgan fingerprint density at radius 1 is 0.625 bits per heavy atom. The fourth-order valence-electron chi connectivity index (χ4n) is 3.24. The van der Waals surface area contributed by atoms with E-state index in [1.54, 1.807) is 0 Å². The zero-order valence-electron chi connectivity index (χ0n) is 14.5. The van der Waals surface area contributed by atoms with Crippen LogP contribution in [0.15, 0.2) is 54.6 Å². The standard InChI is InChI=1S/C20H24O3Si/c1-4-21-24(22-5-2,23-6-3)20-13-9-12-18-17-11-8-7-10-16(17)14-15-19(18)20/h7-15H,4-6H2,1-3H3. The third kappa shape index (κ3) is 2.98. The molecule has 0 spiro atoms. The van der Waals surface area contributed by atoms with Gasteiger partial charge in [0.05, 0.1) is 0 Å². The van der Waals surface area contributed by atoms with Crippen LogP contribution in [0.1, 0.15) is 20.8 Å². The molecule has 0 aliphatic rings. The van der Waals surface area contributed by atoms with Crippen LogP contribution in [0.3, 0.4) is 0 Å². The lowest BCUT2D eigenvalue weighted by molar-refractivity contribution is 0.0862. The summed E-state index contributed by atoms with van der Waals surface area (Å²) in [6, 6.07) is 19.1. The lowest BCUT2D eigenvalue weighted by atomic mass is 10.0. The van der Waals surface area contributed by atoms with Crippen LogP contribution in [-0.4, -0.2) is 28.6 Å². The summed E-state index contributed by atoms with van der Waals surface area (Å²) in [5.74, 6) is 0. The quantitative estimate of drug-likeness (QED) is 0.475. The van der Waals surface area contributed by atoms with Crippen molar-refractivity contribution in [3.05, 3.63) is 54.6 Å². The molecule has 3 rings (SSSR count). The Hall–Kier alpha value is -1.72. The highest BCUT2D eigenvalue weighted by molar-refractivity contribution is 6.77. The SMILES string of the molecule is CCO[Si](OCC)(OCC)c1cccc2c1ccc1ccccc12. The van der Waals surface area contributed by atoms with Gasteiger partial charge < -0.3 is 13.3 Å². The van der Waals surface area contributed by atoms with Gasteiger partial charge in [0.15, 0.2) is 0 Å². The van der Waals surface area contributed by atoms with Crippen molar-refractivity contribution in [1.82, 2.24) is 0 Å². The van der Waals surface area contributed by atoms with Crippen LogP contribution in [0.4, 0.5) is 0 Å². The van der Waals surface area contributed by atoms with E-state index in [-0.39, 0.29) is 0 Å². The van der Waals surface area contributed by atoms with Crippen LogP contribution in [0, 0.1) is 0 Å². The summed E-state index contributed by atoms with van der Waals surface area (Å²) in [5.41, 5.74) is 0. The molecule has 0 saturated carbocycles. The highest BCUT2D eigenvalue weighted by atomic mass is 28.4. The Morgan fingerprint density at radius 3 is 1.92 bits per heavy atom. The summed E-state index contributed by atoms with van der Waals surface area (Å²) in [4.78, 5) is 0. The number of hydrogen-bond acceptors (Lipinski definition) is 3. The normalized spacial score (nSPS) is 12.1. The maximum Gasteiger partial charge on any atom is 0.537 e. The van der Waals surface area contributed by atoms with Gasteiger partial charge in [-0.15, -0.1) is 0 Å². The summed E-state index contributed by atoms with van der Waals surface area (Å²) in [6.07, 6.45) is 0. The Morgan fingerprint density at radius 2 is 1.25 bits per heavy atom. The summed E-state index contributed by atoms with van der Waals surface area (Å²) in [6.45, 7) is 7.66. The van der Waals surface area contributed by atoms with Gasteiger partial charge in [0.1, 0.15) is 0 Å². The summed E-state index contributed by atoms with van der Waals surface area (Å²) >= 11 is 0. The Balaban J connectivity index is 2.28. The van der Waals surface area contributed by atoms with E-state index >= 15 is 0 Å². The Kier molecular flexibility index (Phi) is 5.31. The van der Waals surface area contributed by atoms with Crippen molar-refractivity contribution < 1.29 is 13.3 Å². The lowest BCUT2D eigenvalue weighted by Gasteiger charge is -2.29. The molecule has 0 radical (unpaired) electrons. The summed E-state index contributed by atoms with van der Waals surface area (Å²) in [5, 5.41) is 5.89. The molecule has 3 nitrogen and oxygen atoms in total. The predicted molar refractivity (Wildman–Crippen MR) is 102 cm³/mol. The Labute approximate surface area is 144 Å². The van der Waals surface area contributed by atoms with Crippen molar-refractivity contribution in [3.8, 4) is 0 Å². The van der Waals surface area contributed by atoms with E-state index in [4.69, 9.17) is 13.3 Å². The second-order valence-electron chi connectivity index (χ2n) is 5.54. The molecule has 4 heteroatoms. The second kappa shape index (κ2) is 7.45. The first-order valence-electron chi connectivity index (χ1n) is 8.58. The monoisotopic (exact) mass is 340 g/mol. The van der Waals surface area contributed by atoms with Gasteiger partial charge >= 0.3 is 8.80 Å². The molecule has 0 fully saturated rings. The van der Waals surface area contributed by atoms with E-state index in [1.165, 1.54) is 16.2 Å². The van der Waals surface area contributed by atoms with E-state index in [1.807, 2.05) is 20.8 Å². The van der Waals surface area contributed by atoms with E-state index in [2.05, 4.69) is 54.6 Å². The van der Waals surface area contributed by atoms with E-state index in [0.717, 1.165) is 10.6 Å². The minimum Gasteiger partial charge on any atom is -0.370 e. The number of hydrogen-bond donors (Lipinski definition) is 0. The largest absolute Gasteiger partial charge is 0.537 e. The number of fused-ring (bicyclic) bond motifs is 3.